The van der Waals surface area contributed by atoms with Gasteiger partial charge in [-0.2, -0.15) is 0 Å². The topological polar surface area (TPSA) is 55.9 Å². The van der Waals surface area contributed by atoms with Crippen LogP contribution in [-0.4, -0.2) is 56.1 Å². The fourth-order valence-corrected chi connectivity index (χ4v) is 4.58. The maximum absolute atomic E-state index is 12.0. The minimum atomic E-state index is -0.324. The van der Waals surface area contributed by atoms with E-state index >= 15 is 0 Å². The van der Waals surface area contributed by atoms with Crippen LogP contribution in [0.3, 0.4) is 0 Å². The quantitative estimate of drug-likeness (QED) is 0.885. The van der Waals surface area contributed by atoms with Gasteiger partial charge in [0, 0.05) is 57.1 Å². The average molecular weight is 370 g/mol. The maximum Gasteiger partial charge on any atom is 0.328 e. The lowest BCUT2D eigenvalue weighted by Crippen LogP contribution is -2.49. The molecule has 0 spiro atoms. The Morgan fingerprint density at radius 1 is 0.852 bits per heavy atom. The second kappa shape index (κ2) is 8.30. The molecule has 1 saturated carbocycles. The first-order valence-electron chi connectivity index (χ1n) is 10.4. The van der Waals surface area contributed by atoms with Gasteiger partial charge in [-0.1, -0.05) is 19.3 Å². The van der Waals surface area contributed by atoms with Crippen molar-refractivity contribution in [2.24, 2.45) is 5.92 Å². The molecule has 2 aliphatic heterocycles. The van der Waals surface area contributed by atoms with E-state index in [9.17, 15) is 9.59 Å². The van der Waals surface area contributed by atoms with Gasteiger partial charge in [-0.15, -0.1) is 0 Å². The molecule has 0 radical (unpaired) electrons. The third kappa shape index (κ3) is 4.43. The van der Waals surface area contributed by atoms with Crippen LogP contribution in [0.4, 0.5) is 16.2 Å². The summed E-state index contributed by atoms with van der Waals surface area (Å²) in [5, 5.41) is 2.38. The molecule has 0 atom stereocenters. The number of benzene rings is 1. The third-order valence-corrected chi connectivity index (χ3v) is 6.19. The van der Waals surface area contributed by atoms with E-state index in [1.165, 1.54) is 44.3 Å². The molecule has 1 aromatic rings. The number of nitrogens with one attached hydrogen (secondary N) is 1. The van der Waals surface area contributed by atoms with Crippen molar-refractivity contribution in [3.8, 4) is 0 Å². The number of carbonyl (C=O) groups is 2. The smallest absolute Gasteiger partial charge is 0.328 e. The van der Waals surface area contributed by atoms with Crippen molar-refractivity contribution in [3.63, 3.8) is 0 Å². The number of imide groups is 1. The van der Waals surface area contributed by atoms with Crippen molar-refractivity contribution < 1.29 is 9.59 Å². The molecule has 6 heteroatoms. The zero-order valence-electron chi connectivity index (χ0n) is 16.0. The number of hydrogen-bond acceptors (Lipinski definition) is 4. The first kappa shape index (κ1) is 18.3. The highest BCUT2D eigenvalue weighted by atomic mass is 16.2. The van der Waals surface area contributed by atoms with Crippen LogP contribution in [0.1, 0.15) is 38.5 Å². The number of anilines is 2. The Hall–Kier alpha value is -2.08. The van der Waals surface area contributed by atoms with Crippen LogP contribution >= 0.6 is 0 Å². The van der Waals surface area contributed by atoms with Gasteiger partial charge in [-0.25, -0.2) is 4.79 Å². The number of hydrogen-bond donors (Lipinski definition) is 1. The standard InChI is InChI=1S/C21H30N4O2/c26-20-10-11-25(21(27)22-20)19-8-6-18(7-9-19)24-14-12-23(13-15-24)16-17-4-2-1-3-5-17/h6-9,17H,1-5,10-16H2,(H,22,26,27). The largest absolute Gasteiger partial charge is 0.369 e. The Morgan fingerprint density at radius 2 is 1.52 bits per heavy atom. The summed E-state index contributed by atoms with van der Waals surface area (Å²) in [6.07, 6.45) is 7.45. The van der Waals surface area contributed by atoms with Gasteiger partial charge in [-0.3, -0.25) is 19.9 Å². The van der Waals surface area contributed by atoms with E-state index in [0.717, 1.165) is 37.8 Å². The molecular formula is C21H30N4O2. The number of amides is 3. The SMILES string of the molecule is O=C1CCN(c2ccc(N3CCN(CC4CCCCC4)CC3)cc2)C(=O)N1. The second-order valence-electron chi connectivity index (χ2n) is 8.06. The van der Waals surface area contributed by atoms with Crippen LogP contribution in [0.15, 0.2) is 24.3 Å². The van der Waals surface area contributed by atoms with Crippen LogP contribution in [0.25, 0.3) is 0 Å². The first-order chi connectivity index (χ1) is 13.2. The summed E-state index contributed by atoms with van der Waals surface area (Å²) < 4.78 is 0. The molecule has 4 rings (SSSR count). The van der Waals surface area contributed by atoms with Crippen molar-refractivity contribution >= 4 is 23.3 Å². The second-order valence-corrected chi connectivity index (χ2v) is 8.06. The van der Waals surface area contributed by atoms with E-state index in [4.69, 9.17) is 0 Å². The molecular weight excluding hydrogens is 340 g/mol. The van der Waals surface area contributed by atoms with Crippen LogP contribution < -0.4 is 15.1 Å². The van der Waals surface area contributed by atoms with Crippen LogP contribution in [0, 0.1) is 5.92 Å². The Bertz CT molecular complexity index is 661. The lowest BCUT2D eigenvalue weighted by Gasteiger charge is -2.38. The van der Waals surface area contributed by atoms with Crippen molar-refractivity contribution in [1.29, 1.82) is 0 Å². The lowest BCUT2D eigenvalue weighted by atomic mass is 9.89. The Balaban J connectivity index is 1.29. The average Bonchev–Trinajstić information content (AvgIpc) is 2.70. The molecule has 146 valence electrons. The minimum Gasteiger partial charge on any atom is -0.369 e. The highest BCUT2D eigenvalue weighted by Crippen LogP contribution is 2.26. The van der Waals surface area contributed by atoms with Crippen LogP contribution in [0.2, 0.25) is 0 Å². The zero-order chi connectivity index (χ0) is 18.6. The molecule has 0 unspecified atom stereocenters. The Morgan fingerprint density at radius 3 is 2.19 bits per heavy atom. The number of nitrogens with zero attached hydrogens (tertiary/aromatic N) is 3. The van der Waals surface area contributed by atoms with E-state index < -0.39 is 0 Å². The number of urea groups is 1. The molecule has 2 saturated heterocycles. The van der Waals surface area contributed by atoms with Crippen LogP contribution in [0.5, 0.6) is 0 Å². The van der Waals surface area contributed by atoms with Crippen molar-refractivity contribution in [1.82, 2.24) is 10.2 Å². The normalized spacial score (nSPS) is 22.8. The highest BCUT2D eigenvalue weighted by molar-refractivity contribution is 6.05. The maximum atomic E-state index is 12.0. The molecule has 3 aliphatic rings. The summed E-state index contributed by atoms with van der Waals surface area (Å²) in [4.78, 5) is 30.0. The number of rotatable bonds is 4. The summed E-state index contributed by atoms with van der Waals surface area (Å²) in [6.45, 7) is 6.11. The molecule has 3 amide bonds. The molecule has 0 bridgehead atoms. The fraction of sp³-hybridized carbons (Fsp3) is 0.619. The summed E-state index contributed by atoms with van der Waals surface area (Å²) >= 11 is 0. The van der Waals surface area contributed by atoms with Gasteiger partial charge in [0.1, 0.15) is 0 Å². The fourth-order valence-electron chi connectivity index (χ4n) is 4.58. The summed E-state index contributed by atoms with van der Waals surface area (Å²) in [5.74, 6) is 0.714. The van der Waals surface area contributed by atoms with Gasteiger partial charge >= 0.3 is 6.03 Å². The van der Waals surface area contributed by atoms with E-state index in [0.29, 0.717) is 13.0 Å². The van der Waals surface area contributed by atoms with Crippen LogP contribution in [-0.2, 0) is 4.79 Å². The van der Waals surface area contributed by atoms with Gasteiger partial charge < -0.3 is 4.90 Å². The van der Waals surface area contributed by atoms with Gasteiger partial charge in [-0.05, 0) is 43.0 Å². The molecule has 27 heavy (non-hydrogen) atoms. The van der Waals surface area contributed by atoms with E-state index in [1.54, 1.807) is 4.90 Å². The molecule has 1 aromatic carbocycles. The van der Waals surface area contributed by atoms with E-state index in [2.05, 4.69) is 27.2 Å². The van der Waals surface area contributed by atoms with Crippen molar-refractivity contribution in [2.75, 3.05) is 49.1 Å². The van der Waals surface area contributed by atoms with Gasteiger partial charge in [0.25, 0.3) is 0 Å². The minimum absolute atomic E-state index is 0.195. The first-order valence-corrected chi connectivity index (χ1v) is 10.4. The number of piperazine rings is 1. The lowest BCUT2D eigenvalue weighted by molar-refractivity contribution is -0.120. The third-order valence-electron chi connectivity index (χ3n) is 6.19. The summed E-state index contributed by atoms with van der Waals surface area (Å²) in [5.41, 5.74) is 2.06. The van der Waals surface area contributed by atoms with Gasteiger partial charge in [0.2, 0.25) is 5.91 Å². The Kier molecular flexibility index (Phi) is 5.62. The highest BCUT2D eigenvalue weighted by Gasteiger charge is 2.25. The molecule has 2 heterocycles. The zero-order valence-corrected chi connectivity index (χ0v) is 16.0. The van der Waals surface area contributed by atoms with Crippen molar-refractivity contribution in [2.45, 2.75) is 38.5 Å². The van der Waals surface area contributed by atoms with Gasteiger partial charge in [0.15, 0.2) is 0 Å². The molecule has 1 aliphatic carbocycles. The van der Waals surface area contributed by atoms with Gasteiger partial charge in [0.05, 0.1) is 0 Å². The van der Waals surface area contributed by atoms with Crippen molar-refractivity contribution in [3.05, 3.63) is 24.3 Å². The number of carbonyl (C=O) groups excluding carboxylic acids is 2. The molecule has 0 aromatic heterocycles. The molecule has 6 nitrogen and oxygen atoms in total. The Labute approximate surface area is 161 Å². The predicted octanol–water partition coefficient (Wildman–Crippen LogP) is 2.84. The van der Waals surface area contributed by atoms with E-state index in [-0.39, 0.29) is 11.9 Å². The molecule has 1 N–H and O–H groups in total. The monoisotopic (exact) mass is 370 g/mol. The molecule has 3 fully saturated rings. The summed E-state index contributed by atoms with van der Waals surface area (Å²) in [7, 11) is 0. The summed E-state index contributed by atoms with van der Waals surface area (Å²) in [6, 6.07) is 7.83. The van der Waals surface area contributed by atoms with E-state index in [1.807, 2.05) is 12.1 Å². The predicted molar refractivity (Wildman–Crippen MR) is 107 cm³/mol.